The second-order valence-electron chi connectivity index (χ2n) is 6.93. The van der Waals surface area contributed by atoms with E-state index in [0.29, 0.717) is 5.65 Å². The Balaban J connectivity index is 1.83. The van der Waals surface area contributed by atoms with E-state index in [1.165, 1.54) is 28.7 Å². The van der Waals surface area contributed by atoms with E-state index in [4.69, 9.17) is 0 Å². The van der Waals surface area contributed by atoms with Crippen molar-refractivity contribution in [3.8, 4) is 11.3 Å². The number of anilines is 1. The molecule has 4 nitrogen and oxygen atoms in total. The van der Waals surface area contributed by atoms with Crippen molar-refractivity contribution in [2.75, 3.05) is 5.32 Å². The van der Waals surface area contributed by atoms with Gasteiger partial charge in [-0.15, -0.1) is 0 Å². The summed E-state index contributed by atoms with van der Waals surface area (Å²) in [6.07, 6.45) is 0.0987. The molecule has 0 atom stereocenters. The number of pyridine rings is 1. The fraction of sp³-hybridized carbons (Fsp3) is 0.300. The molecule has 146 valence electrons. The van der Waals surface area contributed by atoms with Crippen molar-refractivity contribution in [1.29, 1.82) is 0 Å². The molecule has 1 aliphatic carbocycles. The van der Waals surface area contributed by atoms with Gasteiger partial charge < -0.3 is 5.32 Å². The number of carbonyl (C=O) groups is 1. The van der Waals surface area contributed by atoms with Gasteiger partial charge in [-0.2, -0.15) is 13.2 Å². The molecular formula is C20H17F4N3O. The number of aromatic nitrogens is 2. The number of imidazole rings is 1. The predicted octanol–water partition coefficient (Wildman–Crippen LogP) is 5.29. The van der Waals surface area contributed by atoms with Crippen LogP contribution < -0.4 is 5.32 Å². The van der Waals surface area contributed by atoms with Gasteiger partial charge in [0.25, 0.3) is 0 Å². The number of nitrogens with one attached hydrogen (secondary N) is 1. The van der Waals surface area contributed by atoms with Gasteiger partial charge in [0.2, 0.25) is 5.91 Å². The molecular weight excluding hydrogens is 374 g/mol. The molecule has 1 N–H and O–H groups in total. The van der Waals surface area contributed by atoms with Gasteiger partial charge in [0.05, 0.1) is 11.3 Å². The zero-order valence-electron chi connectivity index (χ0n) is 14.8. The minimum atomic E-state index is -4.52. The summed E-state index contributed by atoms with van der Waals surface area (Å²) in [6.45, 7) is 0. The maximum atomic E-state index is 13.8. The Kier molecular flexibility index (Phi) is 4.56. The summed E-state index contributed by atoms with van der Waals surface area (Å²) in [7, 11) is 0. The number of hydrogen-bond acceptors (Lipinski definition) is 2. The van der Waals surface area contributed by atoms with Crippen LogP contribution in [0, 0.1) is 11.7 Å². The highest BCUT2D eigenvalue weighted by atomic mass is 19.4. The Bertz CT molecular complexity index is 1040. The second kappa shape index (κ2) is 6.92. The number of nitrogens with zero attached hydrogens (tertiary/aromatic N) is 2. The van der Waals surface area contributed by atoms with Gasteiger partial charge >= 0.3 is 6.18 Å². The number of fused-ring (bicyclic) bond motifs is 1. The minimum absolute atomic E-state index is 0.127. The maximum absolute atomic E-state index is 13.8. The van der Waals surface area contributed by atoms with Crippen molar-refractivity contribution in [3.05, 3.63) is 54.0 Å². The van der Waals surface area contributed by atoms with Crippen LogP contribution in [0.15, 0.2) is 42.6 Å². The third-order valence-corrected chi connectivity index (χ3v) is 5.01. The molecule has 3 aromatic rings. The Morgan fingerprint density at radius 3 is 2.61 bits per heavy atom. The van der Waals surface area contributed by atoms with Gasteiger partial charge in [-0.1, -0.05) is 25.0 Å². The first-order chi connectivity index (χ1) is 13.3. The van der Waals surface area contributed by atoms with Gasteiger partial charge in [0.15, 0.2) is 5.82 Å². The Morgan fingerprint density at radius 2 is 1.89 bits per heavy atom. The van der Waals surface area contributed by atoms with Crippen molar-refractivity contribution in [1.82, 2.24) is 9.38 Å². The fourth-order valence-electron chi connectivity index (χ4n) is 3.63. The topological polar surface area (TPSA) is 46.4 Å². The molecule has 8 heteroatoms. The molecule has 0 radical (unpaired) electrons. The largest absolute Gasteiger partial charge is 0.416 e. The fourth-order valence-corrected chi connectivity index (χ4v) is 3.63. The van der Waals surface area contributed by atoms with Crippen LogP contribution in [-0.4, -0.2) is 15.3 Å². The molecule has 0 bridgehead atoms. The predicted molar refractivity (Wildman–Crippen MR) is 96.2 cm³/mol. The molecule has 4 rings (SSSR count). The van der Waals surface area contributed by atoms with Crippen molar-refractivity contribution in [2.45, 2.75) is 31.9 Å². The van der Waals surface area contributed by atoms with E-state index in [2.05, 4.69) is 10.3 Å². The van der Waals surface area contributed by atoms with Crippen LogP contribution in [0.4, 0.5) is 23.4 Å². The molecule has 1 amide bonds. The first-order valence-corrected chi connectivity index (χ1v) is 8.99. The van der Waals surface area contributed by atoms with Crippen molar-refractivity contribution in [3.63, 3.8) is 0 Å². The number of carbonyl (C=O) groups excluding carboxylic acids is 1. The van der Waals surface area contributed by atoms with Crippen LogP contribution in [0.25, 0.3) is 16.9 Å². The zero-order valence-corrected chi connectivity index (χ0v) is 14.8. The van der Waals surface area contributed by atoms with Crippen LogP contribution in [0.3, 0.4) is 0 Å². The summed E-state index contributed by atoms with van der Waals surface area (Å²) in [6, 6.07) is 7.32. The van der Waals surface area contributed by atoms with Crippen LogP contribution in [0.2, 0.25) is 0 Å². The smallest absolute Gasteiger partial charge is 0.309 e. The molecule has 2 aromatic heterocycles. The van der Waals surface area contributed by atoms with E-state index in [1.807, 2.05) is 0 Å². The molecule has 28 heavy (non-hydrogen) atoms. The van der Waals surface area contributed by atoms with Crippen LogP contribution in [0.5, 0.6) is 0 Å². The van der Waals surface area contributed by atoms with E-state index in [-0.39, 0.29) is 28.9 Å². The number of halogens is 4. The number of alkyl halides is 3. The van der Waals surface area contributed by atoms with E-state index < -0.39 is 17.6 Å². The van der Waals surface area contributed by atoms with Crippen molar-refractivity contribution < 1.29 is 22.4 Å². The second-order valence-corrected chi connectivity index (χ2v) is 6.93. The van der Waals surface area contributed by atoms with Crippen molar-refractivity contribution >= 4 is 17.4 Å². The van der Waals surface area contributed by atoms with E-state index in [0.717, 1.165) is 44.0 Å². The lowest BCUT2D eigenvalue weighted by Gasteiger charge is -2.12. The lowest BCUT2D eigenvalue weighted by molar-refractivity contribution is -0.137. The molecule has 1 saturated carbocycles. The summed E-state index contributed by atoms with van der Waals surface area (Å²) in [5.41, 5.74) is -0.0958. The summed E-state index contributed by atoms with van der Waals surface area (Å²) in [5.74, 6) is -0.792. The highest BCUT2D eigenvalue weighted by Gasteiger charge is 2.31. The lowest BCUT2D eigenvalue weighted by atomic mass is 10.1. The van der Waals surface area contributed by atoms with Gasteiger partial charge in [-0.05, 0) is 37.1 Å². The lowest BCUT2D eigenvalue weighted by Crippen LogP contribution is -2.20. The van der Waals surface area contributed by atoms with Crippen LogP contribution >= 0.6 is 0 Å². The first-order valence-electron chi connectivity index (χ1n) is 8.99. The number of rotatable bonds is 3. The standard InChI is InChI=1S/C20H17F4N3O/c21-15-8-9-16-25-18(26-19(28)12-4-1-2-5-12)17(27(16)11-15)13-6-3-7-14(10-13)20(22,23)24/h3,6-12H,1-2,4-5H2,(H,26,28). The van der Waals surface area contributed by atoms with Gasteiger partial charge in [-0.3, -0.25) is 9.20 Å². The minimum Gasteiger partial charge on any atom is -0.309 e. The van der Waals surface area contributed by atoms with E-state index in [1.54, 1.807) is 0 Å². The molecule has 0 aliphatic heterocycles. The average Bonchev–Trinajstić information content (AvgIpc) is 3.28. The maximum Gasteiger partial charge on any atom is 0.416 e. The highest BCUT2D eigenvalue weighted by molar-refractivity contribution is 5.96. The van der Waals surface area contributed by atoms with E-state index >= 15 is 0 Å². The zero-order chi connectivity index (χ0) is 19.9. The molecule has 1 fully saturated rings. The SMILES string of the molecule is O=C(Nc1nc2ccc(F)cn2c1-c1cccc(C(F)(F)F)c1)C1CCCC1. The van der Waals surface area contributed by atoms with Gasteiger partial charge in [-0.25, -0.2) is 9.37 Å². The number of amides is 1. The Morgan fingerprint density at radius 1 is 1.14 bits per heavy atom. The third kappa shape index (κ3) is 3.46. The molecule has 0 saturated heterocycles. The van der Waals surface area contributed by atoms with E-state index in [9.17, 15) is 22.4 Å². The normalized spacial score (nSPS) is 15.3. The van der Waals surface area contributed by atoms with Gasteiger partial charge in [0, 0.05) is 17.7 Å². The molecule has 0 spiro atoms. The monoisotopic (exact) mass is 391 g/mol. The average molecular weight is 391 g/mol. The first kappa shape index (κ1) is 18.5. The van der Waals surface area contributed by atoms with Crippen molar-refractivity contribution in [2.24, 2.45) is 5.92 Å². The Labute approximate surface area is 158 Å². The third-order valence-electron chi connectivity index (χ3n) is 5.01. The summed E-state index contributed by atoms with van der Waals surface area (Å²) >= 11 is 0. The quantitative estimate of drug-likeness (QED) is 0.617. The van der Waals surface area contributed by atoms with Gasteiger partial charge in [0.1, 0.15) is 11.5 Å². The molecule has 1 aliphatic rings. The molecule has 0 unspecified atom stereocenters. The summed E-state index contributed by atoms with van der Waals surface area (Å²) in [5, 5.41) is 2.74. The van der Waals surface area contributed by atoms with Crippen LogP contribution in [0.1, 0.15) is 31.2 Å². The highest BCUT2D eigenvalue weighted by Crippen LogP contribution is 2.35. The summed E-state index contributed by atoms with van der Waals surface area (Å²) in [4.78, 5) is 16.9. The number of hydrogen-bond donors (Lipinski definition) is 1. The van der Waals surface area contributed by atoms with Crippen LogP contribution in [-0.2, 0) is 11.0 Å². The Hall–Kier alpha value is -2.90. The molecule has 1 aromatic carbocycles. The number of benzene rings is 1. The summed E-state index contributed by atoms with van der Waals surface area (Å²) < 4.78 is 54.6. The molecule has 2 heterocycles.